The Morgan fingerprint density at radius 3 is 3.05 bits per heavy atom. The minimum atomic E-state index is -0.231. The van der Waals surface area contributed by atoms with E-state index in [9.17, 15) is 4.79 Å². The van der Waals surface area contributed by atoms with Crippen LogP contribution in [0.25, 0.3) is 16.6 Å². The van der Waals surface area contributed by atoms with Crippen molar-refractivity contribution >= 4 is 16.6 Å². The van der Waals surface area contributed by atoms with Crippen molar-refractivity contribution in [3.63, 3.8) is 0 Å². The highest BCUT2D eigenvalue weighted by atomic mass is 16.1. The number of aryl methyl sites for hydroxylation is 1. The Morgan fingerprint density at radius 2 is 2.25 bits per heavy atom. The van der Waals surface area contributed by atoms with Gasteiger partial charge in [0.2, 0.25) is 0 Å². The zero-order valence-corrected chi connectivity index (χ0v) is 11.3. The molecule has 0 saturated carbocycles. The number of H-pyrrole nitrogens is 1. The highest BCUT2D eigenvalue weighted by molar-refractivity contribution is 5.86. The second-order valence-corrected chi connectivity index (χ2v) is 4.61. The van der Waals surface area contributed by atoms with E-state index in [-0.39, 0.29) is 5.69 Å². The number of rotatable bonds is 1. The SMILES string of the molecule is CNCC#Cc1ccc2c(C)cc3n[nH]c(=O)n3c2c1. The highest BCUT2D eigenvalue weighted by Crippen LogP contribution is 2.20. The Balaban J connectivity index is 2.32. The van der Waals surface area contributed by atoms with E-state index in [4.69, 9.17) is 0 Å². The maximum absolute atomic E-state index is 11.9. The van der Waals surface area contributed by atoms with Crippen molar-refractivity contribution in [1.29, 1.82) is 0 Å². The molecule has 3 aromatic rings. The zero-order valence-electron chi connectivity index (χ0n) is 11.3. The minimum absolute atomic E-state index is 0.231. The molecule has 100 valence electrons. The molecule has 5 nitrogen and oxygen atoms in total. The molecule has 5 heteroatoms. The quantitative estimate of drug-likeness (QED) is 0.647. The van der Waals surface area contributed by atoms with Crippen LogP contribution in [-0.4, -0.2) is 28.2 Å². The van der Waals surface area contributed by atoms with Crippen LogP contribution in [0, 0.1) is 18.8 Å². The highest BCUT2D eigenvalue weighted by Gasteiger charge is 2.08. The van der Waals surface area contributed by atoms with Gasteiger partial charge in [0.1, 0.15) is 0 Å². The van der Waals surface area contributed by atoms with Crippen LogP contribution in [-0.2, 0) is 0 Å². The summed E-state index contributed by atoms with van der Waals surface area (Å²) in [4.78, 5) is 11.9. The summed E-state index contributed by atoms with van der Waals surface area (Å²) in [5.41, 5.74) is 3.19. The molecule has 3 rings (SSSR count). The van der Waals surface area contributed by atoms with Crippen molar-refractivity contribution in [1.82, 2.24) is 19.9 Å². The monoisotopic (exact) mass is 266 g/mol. The van der Waals surface area contributed by atoms with Crippen LogP contribution in [0.3, 0.4) is 0 Å². The summed E-state index contributed by atoms with van der Waals surface area (Å²) in [6.07, 6.45) is 0. The van der Waals surface area contributed by atoms with Crippen LogP contribution < -0.4 is 11.0 Å². The molecule has 1 aromatic carbocycles. The zero-order chi connectivity index (χ0) is 14.1. The number of hydrogen-bond acceptors (Lipinski definition) is 3. The summed E-state index contributed by atoms with van der Waals surface area (Å²) < 4.78 is 1.57. The number of pyridine rings is 1. The van der Waals surface area contributed by atoms with Gasteiger partial charge >= 0.3 is 5.69 Å². The van der Waals surface area contributed by atoms with E-state index >= 15 is 0 Å². The second kappa shape index (κ2) is 4.83. The summed E-state index contributed by atoms with van der Waals surface area (Å²) in [6.45, 7) is 2.64. The summed E-state index contributed by atoms with van der Waals surface area (Å²) in [6, 6.07) is 7.78. The standard InChI is InChI=1S/C15H14N4O/c1-10-8-14-17-18-15(20)19(14)13-9-11(4-3-7-16-2)5-6-12(10)13/h5-6,8-9,16H,7H2,1-2H3,(H,18,20). The van der Waals surface area contributed by atoms with Crippen molar-refractivity contribution in [2.75, 3.05) is 13.6 Å². The Morgan fingerprint density at radius 1 is 1.40 bits per heavy atom. The largest absolute Gasteiger partial charge is 0.348 e. The Labute approximate surface area is 115 Å². The Bertz CT molecular complexity index is 908. The van der Waals surface area contributed by atoms with Gasteiger partial charge in [-0.25, -0.2) is 14.3 Å². The number of nitrogens with one attached hydrogen (secondary N) is 2. The topological polar surface area (TPSA) is 62.2 Å². The van der Waals surface area contributed by atoms with Crippen LogP contribution in [0.15, 0.2) is 29.1 Å². The molecule has 0 unspecified atom stereocenters. The lowest BCUT2D eigenvalue weighted by Crippen LogP contribution is -2.10. The molecule has 0 aliphatic carbocycles. The van der Waals surface area contributed by atoms with E-state index in [2.05, 4.69) is 27.4 Å². The summed E-state index contributed by atoms with van der Waals surface area (Å²) >= 11 is 0. The summed E-state index contributed by atoms with van der Waals surface area (Å²) in [5.74, 6) is 6.09. The van der Waals surface area contributed by atoms with Gasteiger partial charge in [0.15, 0.2) is 5.65 Å². The van der Waals surface area contributed by atoms with E-state index in [1.54, 1.807) is 4.40 Å². The van der Waals surface area contributed by atoms with Crippen molar-refractivity contribution in [2.24, 2.45) is 0 Å². The smallest absolute Gasteiger partial charge is 0.309 e. The molecule has 0 atom stereocenters. The van der Waals surface area contributed by atoms with Gasteiger partial charge in [0.05, 0.1) is 12.1 Å². The first-order valence-corrected chi connectivity index (χ1v) is 6.34. The molecule has 0 spiro atoms. The van der Waals surface area contributed by atoms with Crippen LogP contribution in [0.5, 0.6) is 0 Å². The molecule has 0 aliphatic heterocycles. The van der Waals surface area contributed by atoms with Crippen LogP contribution in [0.1, 0.15) is 11.1 Å². The fourth-order valence-corrected chi connectivity index (χ4v) is 2.27. The first-order chi connectivity index (χ1) is 9.70. The molecular formula is C15H14N4O. The van der Waals surface area contributed by atoms with E-state index in [0.717, 1.165) is 22.0 Å². The third kappa shape index (κ3) is 1.96. The first-order valence-electron chi connectivity index (χ1n) is 6.34. The molecule has 0 radical (unpaired) electrons. The fraction of sp³-hybridized carbons (Fsp3) is 0.200. The van der Waals surface area contributed by atoms with Gasteiger partial charge in [-0.3, -0.25) is 0 Å². The Hall–Kier alpha value is -2.58. The van der Waals surface area contributed by atoms with E-state index < -0.39 is 0 Å². The minimum Gasteiger partial charge on any atom is -0.309 e. The van der Waals surface area contributed by atoms with E-state index in [1.165, 1.54) is 0 Å². The number of hydrogen-bond donors (Lipinski definition) is 2. The third-order valence-corrected chi connectivity index (χ3v) is 3.21. The normalized spacial score (nSPS) is 10.7. The lowest BCUT2D eigenvalue weighted by Gasteiger charge is -2.05. The number of aromatic nitrogens is 3. The van der Waals surface area contributed by atoms with Gasteiger partial charge in [-0.15, -0.1) is 0 Å². The molecule has 20 heavy (non-hydrogen) atoms. The van der Waals surface area contributed by atoms with Gasteiger partial charge in [-0.1, -0.05) is 17.9 Å². The van der Waals surface area contributed by atoms with Crippen LogP contribution in [0.2, 0.25) is 0 Å². The fourth-order valence-electron chi connectivity index (χ4n) is 2.27. The van der Waals surface area contributed by atoms with E-state index in [0.29, 0.717) is 12.2 Å². The van der Waals surface area contributed by atoms with Crippen molar-refractivity contribution in [3.8, 4) is 11.8 Å². The number of fused-ring (bicyclic) bond motifs is 3. The molecule has 2 heterocycles. The number of aromatic amines is 1. The predicted molar refractivity (Wildman–Crippen MR) is 78.9 cm³/mol. The number of benzene rings is 1. The molecule has 0 saturated heterocycles. The van der Waals surface area contributed by atoms with Gasteiger partial charge in [-0.2, -0.15) is 5.10 Å². The second-order valence-electron chi connectivity index (χ2n) is 4.61. The maximum atomic E-state index is 11.9. The number of nitrogens with zero attached hydrogens (tertiary/aromatic N) is 2. The molecule has 0 amide bonds. The Kier molecular flexibility index (Phi) is 3.01. The van der Waals surface area contributed by atoms with Gasteiger partial charge in [-0.05, 0) is 37.7 Å². The molecule has 2 aromatic heterocycles. The molecule has 0 aliphatic rings. The average Bonchev–Trinajstić information content (AvgIpc) is 2.80. The first kappa shape index (κ1) is 12.5. The molecular weight excluding hydrogens is 252 g/mol. The van der Waals surface area contributed by atoms with Crippen molar-refractivity contribution in [3.05, 3.63) is 45.9 Å². The molecule has 0 fully saturated rings. The maximum Gasteiger partial charge on any atom is 0.348 e. The van der Waals surface area contributed by atoms with Gasteiger partial charge in [0.25, 0.3) is 0 Å². The third-order valence-electron chi connectivity index (χ3n) is 3.21. The lowest BCUT2D eigenvalue weighted by molar-refractivity contribution is 0.938. The molecule has 2 N–H and O–H groups in total. The summed E-state index contributed by atoms with van der Waals surface area (Å²) in [7, 11) is 1.85. The van der Waals surface area contributed by atoms with E-state index in [1.807, 2.05) is 38.2 Å². The molecule has 0 bridgehead atoms. The van der Waals surface area contributed by atoms with Crippen LogP contribution >= 0.6 is 0 Å². The van der Waals surface area contributed by atoms with Gasteiger partial charge in [0, 0.05) is 10.9 Å². The van der Waals surface area contributed by atoms with Crippen molar-refractivity contribution in [2.45, 2.75) is 6.92 Å². The lowest BCUT2D eigenvalue weighted by atomic mass is 10.1. The van der Waals surface area contributed by atoms with Crippen molar-refractivity contribution < 1.29 is 0 Å². The van der Waals surface area contributed by atoms with Gasteiger partial charge < -0.3 is 5.32 Å². The average molecular weight is 266 g/mol. The predicted octanol–water partition coefficient (Wildman–Crippen LogP) is 1.06. The van der Waals surface area contributed by atoms with Crippen LogP contribution in [0.4, 0.5) is 0 Å². The summed E-state index contributed by atoms with van der Waals surface area (Å²) in [5, 5.41) is 10.5.